The summed E-state index contributed by atoms with van der Waals surface area (Å²) in [4.78, 5) is 25.5. The number of hydrogen-bond donors (Lipinski definition) is 1. The quantitative estimate of drug-likeness (QED) is 0.586. The highest BCUT2D eigenvalue weighted by atomic mass is 19.3. The molecule has 1 atom stereocenters. The molecule has 2 aliphatic heterocycles. The predicted molar refractivity (Wildman–Crippen MR) is 123 cm³/mol. The van der Waals surface area contributed by atoms with Crippen molar-refractivity contribution in [3.8, 4) is 0 Å². The Morgan fingerprint density at radius 1 is 1.26 bits per heavy atom. The second-order valence-electron chi connectivity index (χ2n) is 9.93. The molecule has 9 heteroatoms. The number of amides is 2. The number of anilines is 1. The molecule has 5 rings (SSSR count). The Labute approximate surface area is 195 Å². The zero-order valence-corrected chi connectivity index (χ0v) is 19.3. The Morgan fingerprint density at radius 3 is 2.79 bits per heavy atom. The van der Waals surface area contributed by atoms with Gasteiger partial charge in [-0.25, -0.2) is 13.6 Å². The average Bonchev–Trinajstić information content (AvgIpc) is 3.33. The van der Waals surface area contributed by atoms with Gasteiger partial charge >= 0.3 is 6.09 Å². The van der Waals surface area contributed by atoms with Crippen LogP contribution in [0.3, 0.4) is 0 Å². The zero-order chi connectivity index (χ0) is 24.3. The summed E-state index contributed by atoms with van der Waals surface area (Å²) in [6.07, 6.45) is 3.09. The molecule has 0 unspecified atom stereocenters. The number of benzene rings is 2. The van der Waals surface area contributed by atoms with Crippen LogP contribution in [0.5, 0.6) is 0 Å². The van der Waals surface area contributed by atoms with Gasteiger partial charge in [0, 0.05) is 35.8 Å². The minimum atomic E-state index is -3.15. The fourth-order valence-electron chi connectivity index (χ4n) is 4.70. The van der Waals surface area contributed by atoms with Crippen LogP contribution in [0.1, 0.15) is 54.7 Å². The van der Waals surface area contributed by atoms with E-state index in [0.29, 0.717) is 12.0 Å². The number of piperidine rings is 1. The standard InChI is InChI=1S/C25H26F2N4O3/c1-24(2,3)34-23(33)30-10-9-20(25(26,27)14-30)31-13-15(12-28-31)11-16-7-8-19-21-17(16)5-4-6-18(21)22(32)29-19/h4-8,12-13,20H,9-11,14H2,1-3H3,(H,29,32)/t20-/m1/s1. The lowest BCUT2D eigenvalue weighted by atomic mass is 9.97. The van der Waals surface area contributed by atoms with Crippen molar-refractivity contribution in [2.45, 2.75) is 51.2 Å². The van der Waals surface area contributed by atoms with E-state index < -0.39 is 30.2 Å². The number of aromatic nitrogens is 2. The smallest absolute Gasteiger partial charge is 0.410 e. The summed E-state index contributed by atoms with van der Waals surface area (Å²) < 4.78 is 36.6. The van der Waals surface area contributed by atoms with Crippen molar-refractivity contribution in [1.82, 2.24) is 14.7 Å². The minimum Gasteiger partial charge on any atom is -0.444 e. The van der Waals surface area contributed by atoms with Gasteiger partial charge in [-0.15, -0.1) is 0 Å². The first-order valence-electron chi connectivity index (χ1n) is 11.3. The molecule has 2 aliphatic rings. The highest BCUT2D eigenvalue weighted by molar-refractivity contribution is 6.24. The summed E-state index contributed by atoms with van der Waals surface area (Å²) in [5, 5.41) is 8.95. The van der Waals surface area contributed by atoms with Crippen molar-refractivity contribution >= 4 is 28.5 Å². The number of nitrogens with zero attached hydrogens (tertiary/aromatic N) is 3. The maximum atomic E-state index is 15.0. The SMILES string of the molecule is CC(C)(C)OC(=O)N1CC[C@@H](n2cc(Cc3ccc4c5c(cccc35)C(=O)N4)cn2)C(F)(F)C1. The molecule has 1 aromatic heterocycles. The van der Waals surface area contributed by atoms with Gasteiger partial charge in [-0.1, -0.05) is 18.2 Å². The molecule has 178 valence electrons. The molecule has 1 saturated heterocycles. The Hall–Kier alpha value is -3.49. The molecular weight excluding hydrogens is 442 g/mol. The average molecular weight is 469 g/mol. The van der Waals surface area contributed by atoms with Crippen LogP contribution in [0.25, 0.3) is 10.8 Å². The number of rotatable bonds is 3. The Balaban J connectivity index is 1.34. The van der Waals surface area contributed by atoms with Gasteiger partial charge in [-0.3, -0.25) is 9.48 Å². The van der Waals surface area contributed by atoms with Gasteiger partial charge < -0.3 is 15.0 Å². The van der Waals surface area contributed by atoms with E-state index in [2.05, 4.69) is 10.4 Å². The van der Waals surface area contributed by atoms with E-state index in [9.17, 15) is 9.59 Å². The van der Waals surface area contributed by atoms with E-state index in [1.165, 1.54) is 4.68 Å². The molecule has 0 aliphatic carbocycles. The van der Waals surface area contributed by atoms with Gasteiger partial charge in [-0.2, -0.15) is 5.10 Å². The fraction of sp³-hybridized carbons (Fsp3) is 0.400. The number of alkyl halides is 2. The monoisotopic (exact) mass is 468 g/mol. The molecule has 7 nitrogen and oxygen atoms in total. The van der Waals surface area contributed by atoms with Gasteiger partial charge in [0.1, 0.15) is 11.6 Å². The largest absolute Gasteiger partial charge is 0.444 e. The van der Waals surface area contributed by atoms with E-state index in [1.807, 2.05) is 24.3 Å². The second kappa shape index (κ2) is 7.78. The van der Waals surface area contributed by atoms with Crippen molar-refractivity contribution in [2.75, 3.05) is 18.4 Å². The summed E-state index contributed by atoms with van der Waals surface area (Å²) in [5.41, 5.74) is 2.46. The summed E-state index contributed by atoms with van der Waals surface area (Å²) in [6, 6.07) is 8.27. The predicted octanol–water partition coefficient (Wildman–Crippen LogP) is 5.01. The number of carbonyl (C=O) groups excluding carboxylic acids is 2. The van der Waals surface area contributed by atoms with Crippen molar-refractivity contribution < 1.29 is 23.1 Å². The number of halogens is 2. The number of nitrogens with one attached hydrogen (secondary N) is 1. The van der Waals surface area contributed by atoms with Crippen LogP contribution >= 0.6 is 0 Å². The molecule has 0 saturated carbocycles. The highest BCUT2D eigenvalue weighted by Crippen LogP contribution is 2.38. The molecule has 0 bridgehead atoms. The van der Waals surface area contributed by atoms with E-state index >= 15 is 8.78 Å². The number of carbonyl (C=O) groups is 2. The van der Waals surface area contributed by atoms with E-state index in [0.717, 1.165) is 32.5 Å². The van der Waals surface area contributed by atoms with Gasteiger partial charge in [-0.05, 0) is 55.8 Å². The third-order valence-corrected chi connectivity index (χ3v) is 6.21. The first-order chi connectivity index (χ1) is 16.0. The van der Waals surface area contributed by atoms with Crippen molar-refractivity contribution in [3.05, 3.63) is 59.4 Å². The topological polar surface area (TPSA) is 76.5 Å². The molecular formula is C25H26F2N4O3. The third-order valence-electron chi connectivity index (χ3n) is 6.21. The van der Waals surface area contributed by atoms with Crippen LogP contribution < -0.4 is 5.32 Å². The van der Waals surface area contributed by atoms with E-state index in [-0.39, 0.29) is 18.9 Å². The second-order valence-corrected chi connectivity index (χ2v) is 9.93. The summed E-state index contributed by atoms with van der Waals surface area (Å²) in [6.45, 7) is 4.57. The number of likely N-dealkylation sites (tertiary alicyclic amines) is 1. The summed E-state index contributed by atoms with van der Waals surface area (Å²) in [7, 11) is 0. The molecule has 3 aromatic rings. The number of ether oxygens (including phenoxy) is 1. The molecule has 1 fully saturated rings. The lowest BCUT2D eigenvalue weighted by molar-refractivity contribution is -0.106. The van der Waals surface area contributed by atoms with Crippen molar-refractivity contribution in [3.63, 3.8) is 0 Å². The van der Waals surface area contributed by atoms with E-state index in [4.69, 9.17) is 4.74 Å². The molecule has 0 spiro atoms. The first-order valence-corrected chi connectivity index (χ1v) is 11.3. The van der Waals surface area contributed by atoms with Gasteiger partial charge in [0.25, 0.3) is 11.8 Å². The Kier molecular flexibility index (Phi) is 5.11. The lowest BCUT2D eigenvalue weighted by Crippen LogP contribution is -2.52. The van der Waals surface area contributed by atoms with Gasteiger partial charge in [0.2, 0.25) is 0 Å². The normalized spacial score (nSPS) is 19.4. The van der Waals surface area contributed by atoms with Crippen molar-refractivity contribution in [1.29, 1.82) is 0 Å². The minimum absolute atomic E-state index is 0.0716. The van der Waals surface area contributed by atoms with E-state index in [1.54, 1.807) is 39.2 Å². The number of hydrogen-bond acceptors (Lipinski definition) is 4. The van der Waals surface area contributed by atoms with Crippen LogP contribution in [0.2, 0.25) is 0 Å². The molecule has 2 amide bonds. The van der Waals surface area contributed by atoms with Crippen LogP contribution in [0.15, 0.2) is 42.7 Å². The molecule has 0 radical (unpaired) electrons. The fourth-order valence-corrected chi connectivity index (χ4v) is 4.70. The highest BCUT2D eigenvalue weighted by Gasteiger charge is 2.48. The molecule has 2 aromatic carbocycles. The zero-order valence-electron chi connectivity index (χ0n) is 19.3. The lowest BCUT2D eigenvalue weighted by Gasteiger charge is -2.38. The Bertz CT molecular complexity index is 1300. The molecule has 3 heterocycles. The molecule has 1 N–H and O–H groups in total. The first kappa shape index (κ1) is 22.3. The van der Waals surface area contributed by atoms with Crippen LogP contribution in [-0.2, 0) is 11.2 Å². The van der Waals surface area contributed by atoms with Gasteiger partial charge in [0.15, 0.2) is 0 Å². The van der Waals surface area contributed by atoms with Crippen LogP contribution in [0, 0.1) is 0 Å². The van der Waals surface area contributed by atoms with Gasteiger partial charge in [0.05, 0.1) is 12.7 Å². The van der Waals surface area contributed by atoms with Crippen LogP contribution in [-0.4, -0.2) is 51.3 Å². The maximum absolute atomic E-state index is 15.0. The third kappa shape index (κ3) is 3.99. The summed E-state index contributed by atoms with van der Waals surface area (Å²) in [5.74, 6) is -3.27. The van der Waals surface area contributed by atoms with Crippen LogP contribution in [0.4, 0.5) is 19.3 Å². The Morgan fingerprint density at radius 2 is 2.06 bits per heavy atom. The maximum Gasteiger partial charge on any atom is 0.410 e. The van der Waals surface area contributed by atoms with Crippen molar-refractivity contribution in [2.24, 2.45) is 0 Å². The summed E-state index contributed by atoms with van der Waals surface area (Å²) >= 11 is 0. The molecule has 34 heavy (non-hydrogen) atoms.